The number of ether oxygens (including phenoxy) is 1. The van der Waals surface area contributed by atoms with Crippen molar-refractivity contribution in [3.63, 3.8) is 0 Å². The first-order valence-corrected chi connectivity index (χ1v) is 5.72. The Morgan fingerprint density at radius 2 is 2.07 bits per heavy atom. The molecule has 84 valence electrons. The van der Waals surface area contributed by atoms with Gasteiger partial charge >= 0.3 is 0 Å². The molecule has 3 nitrogen and oxygen atoms in total. The van der Waals surface area contributed by atoms with Gasteiger partial charge in [-0.1, -0.05) is 23.2 Å². The third-order valence-electron chi connectivity index (χ3n) is 2.07. The van der Waals surface area contributed by atoms with Crippen LogP contribution in [0.1, 0.15) is 18.1 Å². The summed E-state index contributed by atoms with van der Waals surface area (Å²) < 4.78 is 38.5. The van der Waals surface area contributed by atoms with E-state index in [1.54, 1.807) is 12.1 Å². The molecule has 0 bridgehead atoms. The molecule has 2 atom stereocenters. The van der Waals surface area contributed by atoms with Crippen LogP contribution in [0.3, 0.4) is 0 Å². The molecule has 0 saturated carbocycles. The minimum Gasteiger partial charge on any atom is -0.772 e. The van der Waals surface area contributed by atoms with Crippen LogP contribution in [-0.4, -0.2) is 21.6 Å². The standard InChI is InChI=1S/C10H13FO3S/c1-14-10(6-7-15(12)13)8-2-4-9(11)5-3-8/h2-5,10H,6-7H2,1H3,(H,12,13)/p-1. The number of rotatable bonds is 5. The van der Waals surface area contributed by atoms with E-state index in [-0.39, 0.29) is 17.7 Å². The van der Waals surface area contributed by atoms with Crippen molar-refractivity contribution in [2.24, 2.45) is 0 Å². The highest BCUT2D eigenvalue weighted by Crippen LogP contribution is 2.20. The van der Waals surface area contributed by atoms with Gasteiger partial charge in [0.1, 0.15) is 5.82 Å². The third kappa shape index (κ3) is 4.07. The lowest BCUT2D eigenvalue weighted by Crippen LogP contribution is -2.07. The average Bonchev–Trinajstić information content (AvgIpc) is 2.21. The van der Waals surface area contributed by atoms with Gasteiger partial charge < -0.3 is 9.29 Å². The van der Waals surface area contributed by atoms with Crippen LogP contribution in [0.15, 0.2) is 24.3 Å². The molecule has 15 heavy (non-hydrogen) atoms. The van der Waals surface area contributed by atoms with Gasteiger partial charge in [0.05, 0.1) is 6.10 Å². The molecule has 2 unspecified atom stereocenters. The first-order chi connectivity index (χ1) is 7.13. The highest BCUT2D eigenvalue weighted by atomic mass is 32.2. The van der Waals surface area contributed by atoms with Crippen LogP contribution in [0.4, 0.5) is 4.39 Å². The molecule has 0 aliphatic rings. The van der Waals surface area contributed by atoms with E-state index in [1.807, 2.05) is 0 Å². The number of halogens is 1. The zero-order chi connectivity index (χ0) is 11.3. The zero-order valence-corrected chi connectivity index (χ0v) is 9.13. The lowest BCUT2D eigenvalue weighted by atomic mass is 10.1. The Morgan fingerprint density at radius 1 is 1.47 bits per heavy atom. The van der Waals surface area contributed by atoms with Crippen molar-refractivity contribution in [3.05, 3.63) is 35.6 Å². The van der Waals surface area contributed by atoms with Crippen molar-refractivity contribution in [3.8, 4) is 0 Å². The van der Waals surface area contributed by atoms with Gasteiger partial charge in [-0.25, -0.2) is 4.39 Å². The summed E-state index contributed by atoms with van der Waals surface area (Å²) in [7, 11) is 1.50. The van der Waals surface area contributed by atoms with Crippen LogP contribution >= 0.6 is 0 Å². The van der Waals surface area contributed by atoms with Gasteiger partial charge in [-0.3, -0.25) is 4.21 Å². The van der Waals surface area contributed by atoms with Crippen LogP contribution in [0.5, 0.6) is 0 Å². The summed E-state index contributed by atoms with van der Waals surface area (Å²) >= 11 is -2.07. The fourth-order valence-corrected chi connectivity index (χ4v) is 1.71. The fourth-order valence-electron chi connectivity index (χ4n) is 1.30. The van der Waals surface area contributed by atoms with Crippen molar-refractivity contribution >= 4 is 11.1 Å². The number of hydrogen-bond acceptors (Lipinski definition) is 3. The molecule has 1 aromatic rings. The quantitative estimate of drug-likeness (QED) is 0.726. The summed E-state index contributed by atoms with van der Waals surface area (Å²) in [6, 6.07) is 5.85. The second-order valence-corrected chi connectivity index (χ2v) is 4.09. The normalized spacial score (nSPS) is 14.9. The summed E-state index contributed by atoms with van der Waals surface area (Å²) in [5.41, 5.74) is 0.782. The molecule has 0 fully saturated rings. The van der Waals surface area contributed by atoms with Gasteiger partial charge in [0.25, 0.3) is 0 Å². The number of hydrogen-bond donors (Lipinski definition) is 0. The molecular weight excluding hydrogens is 219 g/mol. The lowest BCUT2D eigenvalue weighted by molar-refractivity contribution is 0.100. The Bertz CT molecular complexity index is 326. The summed E-state index contributed by atoms with van der Waals surface area (Å²) in [5.74, 6) is -0.281. The highest BCUT2D eigenvalue weighted by Gasteiger charge is 2.09. The van der Waals surface area contributed by atoms with Crippen LogP contribution in [0, 0.1) is 5.82 Å². The average molecular weight is 231 g/mol. The van der Waals surface area contributed by atoms with Gasteiger partial charge in [-0.2, -0.15) is 0 Å². The van der Waals surface area contributed by atoms with E-state index in [1.165, 1.54) is 19.2 Å². The van der Waals surface area contributed by atoms with Crippen molar-refractivity contribution in [2.45, 2.75) is 12.5 Å². The Labute approximate surface area is 90.5 Å². The lowest BCUT2D eigenvalue weighted by Gasteiger charge is -2.16. The summed E-state index contributed by atoms with van der Waals surface area (Å²) in [6.07, 6.45) is 0.0709. The Morgan fingerprint density at radius 3 is 2.53 bits per heavy atom. The van der Waals surface area contributed by atoms with E-state index in [9.17, 15) is 13.2 Å². The second-order valence-electron chi connectivity index (χ2n) is 3.07. The maximum absolute atomic E-state index is 12.6. The van der Waals surface area contributed by atoms with E-state index in [0.29, 0.717) is 6.42 Å². The van der Waals surface area contributed by atoms with E-state index < -0.39 is 11.1 Å². The van der Waals surface area contributed by atoms with Crippen molar-refractivity contribution in [1.29, 1.82) is 0 Å². The van der Waals surface area contributed by atoms with E-state index >= 15 is 0 Å². The second kappa shape index (κ2) is 5.95. The topological polar surface area (TPSA) is 49.4 Å². The molecular formula is C10H12FO3S-. The van der Waals surface area contributed by atoms with E-state index in [4.69, 9.17) is 4.74 Å². The molecule has 1 aromatic carbocycles. The van der Waals surface area contributed by atoms with Gasteiger partial charge in [0.15, 0.2) is 0 Å². The molecule has 0 heterocycles. The summed E-state index contributed by atoms with van der Waals surface area (Å²) in [6.45, 7) is 0. The molecule has 0 spiro atoms. The van der Waals surface area contributed by atoms with Crippen molar-refractivity contribution < 1.29 is 17.9 Å². The third-order valence-corrected chi connectivity index (χ3v) is 2.64. The molecule has 0 amide bonds. The zero-order valence-electron chi connectivity index (χ0n) is 8.31. The van der Waals surface area contributed by atoms with Crippen LogP contribution in [0.25, 0.3) is 0 Å². The van der Waals surface area contributed by atoms with Crippen molar-refractivity contribution in [2.75, 3.05) is 12.9 Å². The molecule has 0 radical (unpaired) electrons. The Hall–Kier alpha value is -0.780. The number of benzene rings is 1. The molecule has 0 aliphatic heterocycles. The largest absolute Gasteiger partial charge is 0.772 e. The molecule has 0 aromatic heterocycles. The van der Waals surface area contributed by atoms with Gasteiger partial charge in [-0.15, -0.1) is 0 Å². The van der Waals surface area contributed by atoms with E-state index in [0.717, 1.165) is 5.56 Å². The molecule has 5 heteroatoms. The van der Waals surface area contributed by atoms with Gasteiger partial charge in [0, 0.05) is 12.9 Å². The van der Waals surface area contributed by atoms with Crippen LogP contribution < -0.4 is 0 Å². The number of methoxy groups -OCH3 is 1. The minimum atomic E-state index is -2.07. The maximum atomic E-state index is 12.6. The predicted octanol–water partition coefficient (Wildman–Crippen LogP) is 1.78. The van der Waals surface area contributed by atoms with E-state index in [2.05, 4.69) is 0 Å². The summed E-state index contributed by atoms with van der Waals surface area (Å²) in [5, 5.41) is 0. The molecule has 1 rings (SSSR count). The fraction of sp³-hybridized carbons (Fsp3) is 0.400. The van der Waals surface area contributed by atoms with Crippen LogP contribution in [0.2, 0.25) is 0 Å². The highest BCUT2D eigenvalue weighted by molar-refractivity contribution is 7.79. The Balaban J connectivity index is 2.65. The van der Waals surface area contributed by atoms with Gasteiger partial charge in [-0.05, 0) is 24.1 Å². The maximum Gasteiger partial charge on any atom is 0.123 e. The molecule has 0 N–H and O–H groups in total. The first-order valence-electron chi connectivity index (χ1n) is 4.47. The summed E-state index contributed by atoms with van der Waals surface area (Å²) in [4.78, 5) is 0. The smallest absolute Gasteiger partial charge is 0.123 e. The van der Waals surface area contributed by atoms with Crippen LogP contribution in [-0.2, 0) is 15.8 Å². The monoisotopic (exact) mass is 231 g/mol. The van der Waals surface area contributed by atoms with Gasteiger partial charge in [0.2, 0.25) is 0 Å². The first kappa shape index (κ1) is 12.3. The predicted molar refractivity (Wildman–Crippen MR) is 54.6 cm³/mol. The Kier molecular flexibility index (Phi) is 4.87. The molecule has 0 saturated heterocycles. The SMILES string of the molecule is COC(CCS(=O)[O-])c1ccc(F)cc1. The minimum absolute atomic E-state index is 0.0376. The molecule has 0 aliphatic carbocycles. The van der Waals surface area contributed by atoms with Crippen molar-refractivity contribution in [1.82, 2.24) is 0 Å².